The quantitative estimate of drug-likeness (QED) is 0.632. The summed E-state index contributed by atoms with van der Waals surface area (Å²) in [7, 11) is 1.87. The zero-order valence-corrected chi connectivity index (χ0v) is 9.79. The zero-order valence-electron chi connectivity index (χ0n) is 9.79. The first-order valence-electron chi connectivity index (χ1n) is 5.54. The van der Waals surface area contributed by atoms with E-state index in [2.05, 4.69) is 13.8 Å². The number of piperidine rings is 1. The minimum Gasteiger partial charge on any atom is -0.328 e. The maximum absolute atomic E-state index is 11.9. The van der Waals surface area contributed by atoms with Crippen molar-refractivity contribution in [1.29, 1.82) is 0 Å². The second-order valence-corrected chi connectivity index (χ2v) is 4.65. The van der Waals surface area contributed by atoms with Crippen LogP contribution >= 0.6 is 0 Å². The van der Waals surface area contributed by atoms with Gasteiger partial charge < -0.3 is 9.80 Å². The van der Waals surface area contributed by atoms with Gasteiger partial charge in [0.2, 0.25) is 0 Å². The van der Waals surface area contributed by atoms with Crippen LogP contribution in [0.15, 0.2) is 0 Å². The van der Waals surface area contributed by atoms with E-state index < -0.39 is 0 Å². The van der Waals surface area contributed by atoms with Gasteiger partial charge >= 0.3 is 6.03 Å². The van der Waals surface area contributed by atoms with Crippen LogP contribution in [0.5, 0.6) is 0 Å². The van der Waals surface area contributed by atoms with Gasteiger partial charge in [0.15, 0.2) is 0 Å². The van der Waals surface area contributed by atoms with Crippen LogP contribution in [0.2, 0.25) is 0 Å². The molecular weight excluding hydrogens is 176 g/mol. The lowest BCUT2D eigenvalue weighted by Crippen LogP contribution is -2.47. The molecular formula is C11H22N2O. The van der Waals surface area contributed by atoms with Crippen LogP contribution < -0.4 is 0 Å². The fourth-order valence-electron chi connectivity index (χ4n) is 2.20. The van der Waals surface area contributed by atoms with Gasteiger partial charge in [-0.2, -0.15) is 0 Å². The molecule has 1 heterocycles. The molecule has 1 aliphatic rings. The minimum absolute atomic E-state index is 0.186. The number of nitrogens with zero attached hydrogens (tertiary/aromatic N) is 2. The van der Waals surface area contributed by atoms with Crippen molar-refractivity contribution >= 4 is 6.03 Å². The number of amides is 2. The largest absolute Gasteiger partial charge is 0.328 e. The van der Waals surface area contributed by atoms with E-state index in [1.54, 1.807) is 4.90 Å². The van der Waals surface area contributed by atoms with E-state index in [0.717, 1.165) is 19.6 Å². The number of likely N-dealkylation sites (tertiary alicyclic amines) is 1. The average Bonchev–Trinajstić information content (AvgIpc) is 2.14. The SMILES string of the molecule is CCN(C)C(=O)N1CC(C)CC(C)C1. The summed E-state index contributed by atoms with van der Waals surface area (Å²) in [5.74, 6) is 1.29. The van der Waals surface area contributed by atoms with Crippen LogP contribution in [0, 0.1) is 11.8 Å². The molecule has 0 saturated carbocycles. The van der Waals surface area contributed by atoms with Crippen molar-refractivity contribution in [3.8, 4) is 0 Å². The van der Waals surface area contributed by atoms with Gasteiger partial charge in [0.1, 0.15) is 0 Å². The fraction of sp³-hybridized carbons (Fsp3) is 0.909. The molecule has 0 aliphatic carbocycles. The molecule has 2 amide bonds. The summed E-state index contributed by atoms with van der Waals surface area (Å²) in [5.41, 5.74) is 0. The molecule has 2 unspecified atom stereocenters. The van der Waals surface area contributed by atoms with Crippen molar-refractivity contribution in [3.05, 3.63) is 0 Å². The van der Waals surface area contributed by atoms with Crippen molar-refractivity contribution in [2.75, 3.05) is 26.7 Å². The molecule has 0 N–H and O–H groups in total. The van der Waals surface area contributed by atoms with E-state index in [9.17, 15) is 4.79 Å². The molecule has 0 aromatic heterocycles. The molecule has 3 nitrogen and oxygen atoms in total. The molecule has 1 aliphatic heterocycles. The Kier molecular flexibility index (Phi) is 3.78. The molecule has 0 aromatic carbocycles. The first kappa shape index (κ1) is 11.3. The van der Waals surface area contributed by atoms with Crippen LogP contribution in [0.1, 0.15) is 27.2 Å². The van der Waals surface area contributed by atoms with Crippen LogP contribution in [0.3, 0.4) is 0 Å². The van der Waals surface area contributed by atoms with E-state index >= 15 is 0 Å². The summed E-state index contributed by atoms with van der Waals surface area (Å²) in [6.45, 7) is 9.09. The zero-order chi connectivity index (χ0) is 10.7. The van der Waals surface area contributed by atoms with Crippen LogP contribution in [-0.4, -0.2) is 42.5 Å². The predicted molar refractivity (Wildman–Crippen MR) is 58.2 cm³/mol. The Morgan fingerprint density at radius 2 is 1.86 bits per heavy atom. The number of carbonyl (C=O) groups is 1. The van der Waals surface area contributed by atoms with Gasteiger partial charge in [-0.3, -0.25) is 0 Å². The third-order valence-corrected chi connectivity index (χ3v) is 2.94. The predicted octanol–water partition coefficient (Wildman–Crippen LogP) is 2.04. The number of carbonyl (C=O) groups excluding carboxylic acids is 1. The average molecular weight is 198 g/mol. The standard InChI is InChI=1S/C11H22N2O/c1-5-12(4)11(14)13-7-9(2)6-10(3)8-13/h9-10H,5-8H2,1-4H3. The second-order valence-electron chi connectivity index (χ2n) is 4.65. The minimum atomic E-state index is 0.186. The highest BCUT2D eigenvalue weighted by atomic mass is 16.2. The molecule has 2 atom stereocenters. The van der Waals surface area contributed by atoms with E-state index in [0.29, 0.717) is 11.8 Å². The molecule has 0 spiro atoms. The van der Waals surface area contributed by atoms with Crippen LogP contribution in [0.4, 0.5) is 4.79 Å². The number of hydrogen-bond acceptors (Lipinski definition) is 1. The topological polar surface area (TPSA) is 23.6 Å². The summed E-state index contributed by atoms with van der Waals surface area (Å²) in [4.78, 5) is 15.6. The molecule has 0 aromatic rings. The Labute approximate surface area is 87.1 Å². The van der Waals surface area contributed by atoms with Crippen LogP contribution in [0.25, 0.3) is 0 Å². The van der Waals surface area contributed by atoms with E-state index in [4.69, 9.17) is 0 Å². The van der Waals surface area contributed by atoms with E-state index in [1.807, 2.05) is 18.9 Å². The molecule has 1 saturated heterocycles. The van der Waals surface area contributed by atoms with Gasteiger partial charge in [-0.15, -0.1) is 0 Å². The lowest BCUT2D eigenvalue weighted by molar-refractivity contribution is 0.122. The first-order chi connectivity index (χ1) is 6.54. The highest BCUT2D eigenvalue weighted by Gasteiger charge is 2.26. The van der Waals surface area contributed by atoms with Crippen molar-refractivity contribution in [3.63, 3.8) is 0 Å². The van der Waals surface area contributed by atoms with Crippen molar-refractivity contribution < 1.29 is 4.79 Å². The maximum atomic E-state index is 11.9. The first-order valence-corrected chi connectivity index (χ1v) is 5.54. The molecule has 0 bridgehead atoms. The smallest absolute Gasteiger partial charge is 0.319 e. The van der Waals surface area contributed by atoms with Crippen molar-refractivity contribution in [1.82, 2.24) is 9.80 Å². The Morgan fingerprint density at radius 1 is 1.36 bits per heavy atom. The number of rotatable bonds is 1. The van der Waals surface area contributed by atoms with Gasteiger partial charge in [-0.25, -0.2) is 4.79 Å². The summed E-state index contributed by atoms with van der Waals surface area (Å²) in [6, 6.07) is 0.186. The summed E-state index contributed by atoms with van der Waals surface area (Å²) < 4.78 is 0. The Hall–Kier alpha value is -0.730. The molecule has 14 heavy (non-hydrogen) atoms. The third kappa shape index (κ3) is 2.63. The lowest BCUT2D eigenvalue weighted by Gasteiger charge is -2.36. The lowest BCUT2D eigenvalue weighted by atomic mass is 9.92. The highest BCUT2D eigenvalue weighted by Crippen LogP contribution is 2.21. The highest BCUT2D eigenvalue weighted by molar-refractivity contribution is 5.74. The molecule has 1 fully saturated rings. The van der Waals surface area contributed by atoms with Crippen molar-refractivity contribution in [2.45, 2.75) is 27.2 Å². The van der Waals surface area contributed by atoms with Gasteiger partial charge in [0.25, 0.3) is 0 Å². The fourth-order valence-corrected chi connectivity index (χ4v) is 2.20. The third-order valence-electron chi connectivity index (χ3n) is 2.94. The van der Waals surface area contributed by atoms with E-state index in [-0.39, 0.29) is 6.03 Å². The maximum Gasteiger partial charge on any atom is 0.319 e. The van der Waals surface area contributed by atoms with E-state index in [1.165, 1.54) is 6.42 Å². The number of hydrogen-bond donors (Lipinski definition) is 0. The van der Waals surface area contributed by atoms with Gasteiger partial charge in [-0.05, 0) is 25.2 Å². The molecule has 82 valence electrons. The molecule has 3 heteroatoms. The summed E-state index contributed by atoms with van der Waals surface area (Å²) in [5, 5.41) is 0. The second kappa shape index (κ2) is 4.67. The van der Waals surface area contributed by atoms with Gasteiger partial charge in [-0.1, -0.05) is 13.8 Å². The summed E-state index contributed by atoms with van der Waals surface area (Å²) >= 11 is 0. The Morgan fingerprint density at radius 3 is 2.29 bits per heavy atom. The molecule has 0 radical (unpaired) electrons. The number of urea groups is 1. The van der Waals surface area contributed by atoms with Crippen LogP contribution in [-0.2, 0) is 0 Å². The van der Waals surface area contributed by atoms with Gasteiger partial charge in [0, 0.05) is 26.7 Å². The van der Waals surface area contributed by atoms with Crippen molar-refractivity contribution in [2.24, 2.45) is 11.8 Å². The molecule has 1 rings (SSSR count). The van der Waals surface area contributed by atoms with Gasteiger partial charge in [0.05, 0.1) is 0 Å². The normalized spacial score (nSPS) is 27.6. The summed E-state index contributed by atoms with van der Waals surface area (Å²) in [6.07, 6.45) is 1.25. The Balaban J connectivity index is 2.54. The monoisotopic (exact) mass is 198 g/mol. The Bertz CT molecular complexity index is 195.